The molecule has 4 nitrogen and oxygen atoms in total. The fraction of sp³-hybridized carbons (Fsp3) is 0.591. The van der Waals surface area contributed by atoms with Gasteiger partial charge in [0.1, 0.15) is 0 Å². The number of hydrogen-bond donors (Lipinski definition) is 1. The zero-order valence-electron chi connectivity index (χ0n) is 15.4. The van der Waals surface area contributed by atoms with Crippen molar-refractivity contribution in [2.24, 2.45) is 11.8 Å². The number of carbonyl (C=O) groups is 1. The van der Waals surface area contributed by atoms with E-state index in [1.807, 2.05) is 18.2 Å². The van der Waals surface area contributed by atoms with Gasteiger partial charge in [0.15, 0.2) is 0 Å². The lowest BCUT2D eigenvalue weighted by Gasteiger charge is -2.27. The third-order valence-corrected chi connectivity index (χ3v) is 5.63. The van der Waals surface area contributed by atoms with Crippen molar-refractivity contribution in [3.05, 3.63) is 48.0 Å². The van der Waals surface area contributed by atoms with E-state index in [1.54, 1.807) is 0 Å². The molecule has 0 spiro atoms. The minimum Gasteiger partial charge on any atom is -0.481 e. The molecule has 2 saturated heterocycles. The molecule has 2 aliphatic heterocycles. The molecule has 0 aromatic heterocycles. The first-order valence-corrected chi connectivity index (χ1v) is 9.88. The molecule has 2 fully saturated rings. The largest absolute Gasteiger partial charge is 0.481 e. The smallest absolute Gasteiger partial charge is 0.303 e. The van der Waals surface area contributed by atoms with Gasteiger partial charge in [-0.25, -0.2) is 0 Å². The number of unbranched alkanes of at least 4 members (excludes halogenated alkanes) is 1. The number of rotatable bonds is 11. The number of hydrogen-bond acceptors (Lipinski definition) is 3. The van der Waals surface area contributed by atoms with E-state index in [4.69, 9.17) is 14.6 Å². The molecule has 2 heterocycles. The maximum atomic E-state index is 10.5. The second-order valence-electron chi connectivity index (χ2n) is 7.44. The van der Waals surface area contributed by atoms with Crippen LogP contribution in [-0.4, -0.2) is 29.9 Å². The monoisotopic (exact) mass is 358 g/mol. The van der Waals surface area contributed by atoms with Crippen molar-refractivity contribution in [3.8, 4) is 0 Å². The van der Waals surface area contributed by atoms with Crippen LogP contribution in [0.3, 0.4) is 0 Å². The van der Waals surface area contributed by atoms with Crippen LogP contribution in [0.2, 0.25) is 0 Å². The molecule has 4 heteroatoms. The quantitative estimate of drug-likeness (QED) is 0.464. The van der Waals surface area contributed by atoms with Crippen LogP contribution in [0.1, 0.15) is 50.5 Å². The third kappa shape index (κ3) is 5.42. The topological polar surface area (TPSA) is 55.8 Å². The SMILES string of the molecule is O=C(O)CCCC=CC[C@@H]1[C@@H](CCOCc2ccccc2)[C@@H]2CC[C@H]1O2. The summed E-state index contributed by atoms with van der Waals surface area (Å²) in [7, 11) is 0. The minimum absolute atomic E-state index is 0.253. The zero-order chi connectivity index (χ0) is 18.2. The second kappa shape index (κ2) is 9.89. The van der Waals surface area contributed by atoms with Crippen molar-refractivity contribution in [1.82, 2.24) is 0 Å². The van der Waals surface area contributed by atoms with Crippen LogP contribution < -0.4 is 0 Å². The highest BCUT2D eigenvalue weighted by molar-refractivity contribution is 5.66. The summed E-state index contributed by atoms with van der Waals surface area (Å²) in [6, 6.07) is 10.3. The van der Waals surface area contributed by atoms with Crippen LogP contribution in [0, 0.1) is 11.8 Å². The van der Waals surface area contributed by atoms with Crippen LogP contribution in [0.4, 0.5) is 0 Å². The molecule has 2 bridgehead atoms. The Morgan fingerprint density at radius 1 is 1.15 bits per heavy atom. The van der Waals surface area contributed by atoms with Gasteiger partial charge in [-0.15, -0.1) is 0 Å². The van der Waals surface area contributed by atoms with E-state index < -0.39 is 5.97 Å². The lowest BCUT2D eigenvalue weighted by Crippen LogP contribution is -2.28. The average molecular weight is 358 g/mol. The van der Waals surface area contributed by atoms with Gasteiger partial charge in [-0.1, -0.05) is 42.5 Å². The van der Waals surface area contributed by atoms with Gasteiger partial charge in [-0.05, 0) is 55.9 Å². The maximum Gasteiger partial charge on any atom is 0.303 e. The predicted molar refractivity (Wildman–Crippen MR) is 101 cm³/mol. The van der Waals surface area contributed by atoms with E-state index in [1.165, 1.54) is 18.4 Å². The lowest BCUT2D eigenvalue weighted by molar-refractivity contribution is -0.137. The standard InChI is InChI=1S/C22H30O4/c23-22(24)11-7-2-1-6-10-18-19(21-13-12-20(18)26-21)14-15-25-16-17-8-4-3-5-9-17/h1,3-6,8-9,18-21H,2,7,10-16H2,(H,23,24)/t18-,19-,20-,21+/m1/s1. The fourth-order valence-corrected chi connectivity index (χ4v) is 4.32. The maximum absolute atomic E-state index is 10.5. The molecule has 1 N–H and O–H groups in total. The molecular formula is C22H30O4. The van der Waals surface area contributed by atoms with Crippen LogP contribution in [-0.2, 0) is 20.9 Å². The molecule has 3 rings (SSSR count). The van der Waals surface area contributed by atoms with Crippen molar-refractivity contribution in [1.29, 1.82) is 0 Å². The van der Waals surface area contributed by atoms with Gasteiger partial charge in [0.05, 0.1) is 18.8 Å². The number of aliphatic carboxylic acids is 1. The van der Waals surface area contributed by atoms with Crippen molar-refractivity contribution in [3.63, 3.8) is 0 Å². The zero-order valence-corrected chi connectivity index (χ0v) is 15.4. The number of allylic oxidation sites excluding steroid dienone is 2. The summed E-state index contributed by atoms with van der Waals surface area (Å²) in [5.74, 6) is 0.466. The number of benzene rings is 1. The molecule has 4 atom stereocenters. The van der Waals surface area contributed by atoms with Crippen LogP contribution >= 0.6 is 0 Å². The molecule has 0 aliphatic carbocycles. The Balaban J connectivity index is 1.39. The summed E-state index contributed by atoms with van der Waals surface area (Å²) < 4.78 is 12.0. The van der Waals surface area contributed by atoms with E-state index in [9.17, 15) is 4.79 Å². The Bertz CT molecular complexity index is 583. The van der Waals surface area contributed by atoms with Crippen LogP contribution in [0.5, 0.6) is 0 Å². The summed E-state index contributed by atoms with van der Waals surface area (Å²) in [5.41, 5.74) is 1.22. The summed E-state index contributed by atoms with van der Waals surface area (Å²) in [6.45, 7) is 1.46. The summed E-state index contributed by atoms with van der Waals surface area (Å²) >= 11 is 0. The Hall–Kier alpha value is -1.65. The van der Waals surface area contributed by atoms with E-state index >= 15 is 0 Å². The highest BCUT2D eigenvalue weighted by Gasteiger charge is 2.47. The number of fused-ring (bicyclic) bond motifs is 2. The fourth-order valence-electron chi connectivity index (χ4n) is 4.32. The normalized spacial score (nSPS) is 27.4. The van der Waals surface area contributed by atoms with Crippen molar-refractivity contribution in [2.45, 2.75) is 63.8 Å². The number of carboxylic acid groups (broad SMARTS) is 1. The summed E-state index contributed by atoms with van der Waals surface area (Å²) in [5, 5.41) is 8.67. The van der Waals surface area contributed by atoms with Gasteiger partial charge in [-0.2, -0.15) is 0 Å². The van der Waals surface area contributed by atoms with Gasteiger partial charge in [0, 0.05) is 13.0 Å². The van der Waals surface area contributed by atoms with Crippen LogP contribution in [0.25, 0.3) is 0 Å². The molecule has 0 saturated carbocycles. The summed E-state index contributed by atoms with van der Waals surface area (Å²) in [6.07, 6.45) is 11.5. The highest BCUT2D eigenvalue weighted by atomic mass is 16.5. The molecule has 26 heavy (non-hydrogen) atoms. The van der Waals surface area contributed by atoms with Gasteiger partial charge in [0.25, 0.3) is 0 Å². The van der Waals surface area contributed by atoms with Gasteiger partial charge < -0.3 is 14.6 Å². The van der Waals surface area contributed by atoms with Crippen molar-refractivity contribution >= 4 is 5.97 Å². The molecular weight excluding hydrogens is 328 g/mol. The predicted octanol–water partition coefficient (Wildman–Crippen LogP) is 4.59. The Morgan fingerprint density at radius 2 is 1.92 bits per heavy atom. The van der Waals surface area contributed by atoms with E-state index in [-0.39, 0.29) is 6.42 Å². The Labute approximate surface area is 156 Å². The Morgan fingerprint density at radius 3 is 2.69 bits per heavy atom. The minimum atomic E-state index is -0.713. The summed E-state index contributed by atoms with van der Waals surface area (Å²) in [4.78, 5) is 10.5. The van der Waals surface area contributed by atoms with Gasteiger partial charge in [-0.3, -0.25) is 4.79 Å². The molecule has 2 aliphatic rings. The van der Waals surface area contributed by atoms with Gasteiger partial charge in [0.2, 0.25) is 0 Å². The number of ether oxygens (including phenoxy) is 2. The lowest BCUT2D eigenvalue weighted by atomic mass is 9.76. The third-order valence-electron chi connectivity index (χ3n) is 5.63. The molecule has 0 radical (unpaired) electrons. The van der Waals surface area contributed by atoms with Gasteiger partial charge >= 0.3 is 5.97 Å². The molecule has 1 aromatic carbocycles. The Kier molecular flexibility index (Phi) is 7.27. The van der Waals surface area contributed by atoms with E-state index in [0.29, 0.717) is 30.7 Å². The highest BCUT2D eigenvalue weighted by Crippen LogP contribution is 2.46. The number of carboxylic acids is 1. The first kappa shape index (κ1) is 19.1. The second-order valence-corrected chi connectivity index (χ2v) is 7.44. The van der Waals surface area contributed by atoms with Crippen LogP contribution in [0.15, 0.2) is 42.5 Å². The van der Waals surface area contributed by atoms with E-state index in [0.717, 1.165) is 32.3 Å². The molecule has 142 valence electrons. The van der Waals surface area contributed by atoms with Crippen molar-refractivity contribution < 1.29 is 19.4 Å². The first-order valence-electron chi connectivity index (χ1n) is 9.88. The first-order chi connectivity index (χ1) is 12.7. The molecule has 1 aromatic rings. The molecule has 0 amide bonds. The van der Waals surface area contributed by atoms with Crippen molar-refractivity contribution in [2.75, 3.05) is 6.61 Å². The van der Waals surface area contributed by atoms with E-state index in [2.05, 4.69) is 24.3 Å². The molecule has 0 unspecified atom stereocenters. The average Bonchev–Trinajstić information content (AvgIpc) is 3.24.